The molecule has 0 saturated heterocycles. The summed E-state index contributed by atoms with van der Waals surface area (Å²) < 4.78 is 2.19. The number of rotatable bonds is 4. The van der Waals surface area contributed by atoms with Crippen molar-refractivity contribution in [3.05, 3.63) is 64.5 Å². The van der Waals surface area contributed by atoms with Crippen LogP contribution in [0, 0.1) is 6.92 Å². The average molecular weight is 356 g/mol. The monoisotopic (exact) mass is 356 g/mol. The lowest BCUT2D eigenvalue weighted by Crippen LogP contribution is -2.30. The normalized spacial score (nSPS) is 13.1. The van der Waals surface area contributed by atoms with Gasteiger partial charge in [0.25, 0.3) is 5.91 Å². The Morgan fingerprint density at radius 1 is 1.16 bits per heavy atom. The number of amides is 1. The van der Waals surface area contributed by atoms with E-state index in [2.05, 4.69) is 4.99 Å². The summed E-state index contributed by atoms with van der Waals surface area (Å²) in [5, 5.41) is 18.9. The first kappa shape index (κ1) is 17.1. The lowest BCUT2D eigenvalue weighted by atomic mass is 10.1. The van der Waals surface area contributed by atoms with Gasteiger partial charge in [-0.2, -0.15) is 4.99 Å². The maximum Gasteiger partial charge on any atom is 0.329 e. The van der Waals surface area contributed by atoms with Crippen molar-refractivity contribution in [2.45, 2.75) is 13.0 Å². The fourth-order valence-electron chi connectivity index (χ4n) is 2.49. The van der Waals surface area contributed by atoms with Gasteiger partial charge in [-0.3, -0.25) is 9.36 Å². The number of para-hydroxylation sites is 1. The predicted octanol–water partition coefficient (Wildman–Crippen LogP) is 2.37. The topological polar surface area (TPSA) is 91.9 Å². The maximum absolute atomic E-state index is 12.5. The number of carbonyl (C=O) groups is 2. The number of nitrogens with zero attached hydrogens (tertiary/aromatic N) is 2. The third-order valence-corrected chi connectivity index (χ3v) is 4.83. The fraction of sp³-hybridized carbons (Fsp3) is 0.167. The van der Waals surface area contributed by atoms with E-state index in [0.717, 1.165) is 10.3 Å². The van der Waals surface area contributed by atoms with Gasteiger partial charge in [-0.05, 0) is 31.2 Å². The number of aromatic nitrogens is 1. The van der Waals surface area contributed by atoms with Crippen LogP contribution in [0.2, 0.25) is 0 Å². The van der Waals surface area contributed by atoms with Gasteiger partial charge in [-0.25, -0.2) is 4.79 Å². The number of hydrogen-bond donors (Lipinski definition) is 2. The molecule has 1 aromatic heterocycles. The van der Waals surface area contributed by atoms with Crippen LogP contribution in [0.3, 0.4) is 0 Å². The summed E-state index contributed by atoms with van der Waals surface area (Å²) >= 11 is 1.21. The molecule has 1 unspecified atom stereocenters. The van der Waals surface area contributed by atoms with Crippen LogP contribution >= 0.6 is 11.3 Å². The molecule has 0 fully saturated rings. The zero-order chi connectivity index (χ0) is 18.0. The molecule has 1 heterocycles. The highest BCUT2D eigenvalue weighted by atomic mass is 32.1. The largest absolute Gasteiger partial charge is 0.480 e. The highest BCUT2D eigenvalue weighted by Crippen LogP contribution is 2.21. The first-order valence-corrected chi connectivity index (χ1v) is 8.42. The van der Waals surface area contributed by atoms with Gasteiger partial charge in [0.1, 0.15) is 0 Å². The van der Waals surface area contributed by atoms with E-state index in [-0.39, 0.29) is 4.80 Å². The standard InChI is InChI=1S/C18H16N2O4S/c1-11-6-8-12(9-7-11)16(22)19-18-20(14(10-21)17(23)24)13-4-2-3-5-15(13)25-18/h2-9,14,21H,10H2,1H3,(H,23,24)/b19-18-. The van der Waals surface area contributed by atoms with Crippen molar-refractivity contribution in [1.82, 2.24) is 4.57 Å². The summed E-state index contributed by atoms with van der Waals surface area (Å²) in [5.74, 6) is -1.64. The van der Waals surface area contributed by atoms with Crippen molar-refractivity contribution in [2.24, 2.45) is 4.99 Å². The van der Waals surface area contributed by atoms with Crippen LogP contribution in [0.25, 0.3) is 10.2 Å². The van der Waals surface area contributed by atoms with Gasteiger partial charge in [0, 0.05) is 5.56 Å². The molecule has 3 aromatic rings. The SMILES string of the molecule is Cc1ccc(C(=O)/N=c2\sc3ccccc3n2C(CO)C(=O)O)cc1. The van der Waals surface area contributed by atoms with Crippen molar-refractivity contribution in [2.75, 3.05) is 6.61 Å². The Kier molecular flexibility index (Phi) is 4.78. The molecule has 6 nitrogen and oxygen atoms in total. The van der Waals surface area contributed by atoms with Crippen LogP contribution < -0.4 is 4.80 Å². The van der Waals surface area contributed by atoms with Crippen LogP contribution in [0.1, 0.15) is 22.0 Å². The smallest absolute Gasteiger partial charge is 0.329 e. The average Bonchev–Trinajstić information content (AvgIpc) is 2.94. The van der Waals surface area contributed by atoms with E-state index in [1.54, 1.807) is 24.3 Å². The molecule has 25 heavy (non-hydrogen) atoms. The van der Waals surface area contributed by atoms with Crippen molar-refractivity contribution in [3.8, 4) is 0 Å². The number of aliphatic hydroxyl groups is 1. The second-order valence-corrected chi connectivity index (χ2v) is 6.55. The molecule has 7 heteroatoms. The van der Waals surface area contributed by atoms with E-state index < -0.39 is 24.5 Å². The van der Waals surface area contributed by atoms with Gasteiger partial charge in [0.05, 0.1) is 16.8 Å². The van der Waals surface area contributed by atoms with Crippen LogP contribution in [0.5, 0.6) is 0 Å². The van der Waals surface area contributed by atoms with Crippen molar-refractivity contribution >= 4 is 33.4 Å². The van der Waals surface area contributed by atoms with E-state index in [4.69, 9.17) is 0 Å². The number of carbonyl (C=O) groups excluding carboxylic acids is 1. The first-order chi connectivity index (χ1) is 12.0. The van der Waals surface area contributed by atoms with Crippen molar-refractivity contribution in [3.63, 3.8) is 0 Å². The zero-order valence-corrected chi connectivity index (χ0v) is 14.2. The Labute approximate surface area is 147 Å². The lowest BCUT2D eigenvalue weighted by Gasteiger charge is -2.12. The molecule has 1 amide bonds. The first-order valence-electron chi connectivity index (χ1n) is 7.60. The van der Waals surface area contributed by atoms with Crippen LogP contribution in [0.4, 0.5) is 0 Å². The summed E-state index contributed by atoms with van der Waals surface area (Å²) in [4.78, 5) is 28.3. The number of benzene rings is 2. The summed E-state index contributed by atoms with van der Waals surface area (Å²) in [6, 6.07) is 12.9. The highest BCUT2D eigenvalue weighted by Gasteiger charge is 2.22. The van der Waals surface area contributed by atoms with Gasteiger partial charge < -0.3 is 10.2 Å². The van der Waals surface area contributed by atoms with E-state index >= 15 is 0 Å². The number of carboxylic acids is 1. The second-order valence-electron chi connectivity index (χ2n) is 5.54. The van der Waals surface area contributed by atoms with E-state index in [0.29, 0.717) is 11.1 Å². The third kappa shape index (κ3) is 3.38. The molecule has 0 saturated carbocycles. The number of aryl methyl sites for hydroxylation is 1. The van der Waals surface area contributed by atoms with Crippen LogP contribution in [-0.2, 0) is 4.79 Å². The second kappa shape index (κ2) is 7.00. The molecule has 0 bridgehead atoms. The number of fused-ring (bicyclic) bond motifs is 1. The van der Waals surface area contributed by atoms with Gasteiger partial charge in [0.15, 0.2) is 10.8 Å². The van der Waals surface area contributed by atoms with E-state index in [1.165, 1.54) is 15.9 Å². The molecular weight excluding hydrogens is 340 g/mol. The predicted molar refractivity (Wildman–Crippen MR) is 94.6 cm³/mol. The minimum absolute atomic E-state index is 0.244. The Bertz CT molecular complexity index is 1000. The maximum atomic E-state index is 12.5. The molecule has 0 spiro atoms. The molecule has 0 aliphatic heterocycles. The molecule has 1 atom stereocenters. The van der Waals surface area contributed by atoms with Gasteiger partial charge in [-0.15, -0.1) is 0 Å². The lowest BCUT2D eigenvalue weighted by molar-refractivity contribution is -0.142. The van der Waals surface area contributed by atoms with Crippen molar-refractivity contribution < 1.29 is 19.8 Å². The molecule has 3 rings (SSSR count). The Hall–Kier alpha value is -2.77. The number of thiazole rings is 1. The van der Waals surface area contributed by atoms with Gasteiger partial charge in [0.2, 0.25) is 0 Å². The number of hydrogen-bond acceptors (Lipinski definition) is 4. The number of aliphatic carboxylic acids is 1. The van der Waals surface area contributed by atoms with E-state index in [1.807, 2.05) is 31.2 Å². The molecule has 0 radical (unpaired) electrons. The number of aliphatic hydroxyl groups excluding tert-OH is 1. The van der Waals surface area contributed by atoms with E-state index in [9.17, 15) is 19.8 Å². The van der Waals surface area contributed by atoms with Gasteiger partial charge in [-0.1, -0.05) is 41.2 Å². The zero-order valence-electron chi connectivity index (χ0n) is 13.4. The van der Waals surface area contributed by atoms with Crippen LogP contribution in [0.15, 0.2) is 53.5 Å². The molecular formula is C18H16N2O4S. The summed E-state index contributed by atoms with van der Waals surface area (Å²) in [7, 11) is 0. The number of carboxylic acid groups (broad SMARTS) is 1. The summed E-state index contributed by atoms with van der Waals surface area (Å²) in [5.41, 5.74) is 2.06. The van der Waals surface area contributed by atoms with Gasteiger partial charge >= 0.3 is 5.97 Å². The van der Waals surface area contributed by atoms with Crippen molar-refractivity contribution in [1.29, 1.82) is 0 Å². The highest BCUT2D eigenvalue weighted by molar-refractivity contribution is 7.16. The third-order valence-electron chi connectivity index (χ3n) is 3.80. The Morgan fingerprint density at radius 2 is 1.84 bits per heavy atom. The quantitative estimate of drug-likeness (QED) is 0.751. The Balaban J connectivity index is 2.19. The molecule has 0 aliphatic carbocycles. The molecule has 2 N–H and O–H groups in total. The fourth-order valence-corrected chi connectivity index (χ4v) is 3.56. The minimum atomic E-state index is -1.21. The molecule has 128 valence electrons. The molecule has 0 aliphatic rings. The summed E-state index contributed by atoms with van der Waals surface area (Å²) in [6.07, 6.45) is 0. The van der Waals surface area contributed by atoms with Crippen LogP contribution in [-0.4, -0.2) is 33.3 Å². The molecule has 2 aromatic carbocycles. The minimum Gasteiger partial charge on any atom is -0.480 e. The summed E-state index contributed by atoms with van der Waals surface area (Å²) in [6.45, 7) is 1.33. The Morgan fingerprint density at radius 3 is 2.48 bits per heavy atom.